The van der Waals surface area contributed by atoms with E-state index in [0.717, 1.165) is 11.6 Å². The molecule has 2 aromatic heterocycles. The number of rotatable bonds is 2. The highest BCUT2D eigenvalue weighted by atomic mass is 16.2. The van der Waals surface area contributed by atoms with Crippen molar-refractivity contribution in [3.05, 3.63) is 35.5 Å². The Morgan fingerprint density at radius 3 is 2.91 bits per heavy atom. The van der Waals surface area contributed by atoms with Crippen molar-refractivity contribution in [3.63, 3.8) is 0 Å². The van der Waals surface area contributed by atoms with Crippen molar-refractivity contribution in [1.29, 1.82) is 0 Å². The number of amides is 1. The summed E-state index contributed by atoms with van der Waals surface area (Å²) in [4.78, 5) is 23.1. The van der Waals surface area contributed by atoms with Crippen molar-refractivity contribution in [2.45, 2.75) is 38.3 Å². The van der Waals surface area contributed by atoms with E-state index in [1.54, 1.807) is 18.3 Å². The van der Waals surface area contributed by atoms with Crippen LogP contribution >= 0.6 is 0 Å². The molecule has 2 aliphatic rings. The predicted molar refractivity (Wildman–Crippen MR) is 80.1 cm³/mol. The van der Waals surface area contributed by atoms with E-state index in [1.165, 1.54) is 12.8 Å². The minimum Gasteiger partial charge on any atom is -0.384 e. The van der Waals surface area contributed by atoms with Gasteiger partial charge in [0.1, 0.15) is 11.6 Å². The Morgan fingerprint density at radius 2 is 2.18 bits per heavy atom. The lowest BCUT2D eigenvalue weighted by Gasteiger charge is -2.33. The molecule has 3 heterocycles. The second-order valence-electron chi connectivity index (χ2n) is 5.97. The van der Waals surface area contributed by atoms with Gasteiger partial charge in [0.25, 0.3) is 5.91 Å². The van der Waals surface area contributed by atoms with E-state index >= 15 is 0 Å². The van der Waals surface area contributed by atoms with E-state index in [-0.39, 0.29) is 11.9 Å². The molecule has 1 amide bonds. The summed E-state index contributed by atoms with van der Waals surface area (Å²) in [6.07, 6.45) is 3.92. The van der Waals surface area contributed by atoms with E-state index in [0.29, 0.717) is 30.4 Å². The molecule has 0 aromatic carbocycles. The molecule has 0 bridgehead atoms. The highest BCUT2D eigenvalue weighted by Gasteiger charge is 2.34. The number of nitrogens with two attached hydrogens (primary N) is 1. The number of carbonyl (C=O) groups is 1. The van der Waals surface area contributed by atoms with Gasteiger partial charge in [-0.25, -0.2) is 14.6 Å². The number of nitrogens with zero attached hydrogens (tertiary/aromatic N) is 5. The van der Waals surface area contributed by atoms with Crippen LogP contribution in [0.25, 0.3) is 0 Å². The van der Waals surface area contributed by atoms with Crippen LogP contribution in [0.5, 0.6) is 0 Å². The van der Waals surface area contributed by atoms with Gasteiger partial charge in [0.15, 0.2) is 5.82 Å². The van der Waals surface area contributed by atoms with Gasteiger partial charge in [-0.2, -0.15) is 5.10 Å². The minimum absolute atomic E-state index is 0.0381. The summed E-state index contributed by atoms with van der Waals surface area (Å²) in [6.45, 7) is 3.31. The first-order valence-electron chi connectivity index (χ1n) is 7.60. The summed E-state index contributed by atoms with van der Waals surface area (Å²) in [7, 11) is 0. The zero-order valence-electron chi connectivity index (χ0n) is 12.4. The summed E-state index contributed by atoms with van der Waals surface area (Å²) >= 11 is 0. The molecule has 4 rings (SSSR count). The molecule has 7 heteroatoms. The molecular formula is C15H18N6O. The highest BCUT2D eigenvalue weighted by Crippen LogP contribution is 2.39. The first kappa shape index (κ1) is 13.2. The maximum atomic E-state index is 12.7. The van der Waals surface area contributed by atoms with E-state index in [9.17, 15) is 4.79 Å². The molecular weight excluding hydrogens is 280 g/mol. The van der Waals surface area contributed by atoms with Crippen LogP contribution in [0.4, 0.5) is 5.82 Å². The fourth-order valence-electron chi connectivity index (χ4n) is 2.92. The number of aromatic nitrogens is 4. The summed E-state index contributed by atoms with van der Waals surface area (Å²) in [6, 6.07) is 3.22. The van der Waals surface area contributed by atoms with Crippen LogP contribution in [0, 0.1) is 0 Å². The van der Waals surface area contributed by atoms with Crippen LogP contribution in [0.3, 0.4) is 0 Å². The number of anilines is 1. The van der Waals surface area contributed by atoms with Gasteiger partial charge in [-0.05, 0) is 31.9 Å². The van der Waals surface area contributed by atoms with Crippen molar-refractivity contribution >= 4 is 11.7 Å². The zero-order chi connectivity index (χ0) is 15.3. The summed E-state index contributed by atoms with van der Waals surface area (Å²) in [5, 5.41) is 4.58. The monoisotopic (exact) mass is 298 g/mol. The number of hydrogen-bond donors (Lipinski definition) is 1. The van der Waals surface area contributed by atoms with E-state index < -0.39 is 0 Å². The standard InChI is InChI=1S/C15H18N6O/c1-9-14-18-13(10-2-3-10)19-21(14)7-6-20(9)15(22)11-4-5-17-12(16)8-11/h4-5,8-10H,2-3,6-7H2,1H3,(H2,16,17)/t9-/m1/s1. The lowest BCUT2D eigenvalue weighted by Crippen LogP contribution is -2.41. The molecule has 2 N–H and O–H groups in total. The Morgan fingerprint density at radius 1 is 1.36 bits per heavy atom. The molecule has 22 heavy (non-hydrogen) atoms. The van der Waals surface area contributed by atoms with Gasteiger partial charge >= 0.3 is 0 Å². The number of fused-ring (bicyclic) bond motifs is 1. The lowest BCUT2D eigenvalue weighted by molar-refractivity contribution is 0.0630. The number of carbonyl (C=O) groups excluding carboxylic acids is 1. The third-order valence-electron chi connectivity index (χ3n) is 4.34. The van der Waals surface area contributed by atoms with Crippen molar-refractivity contribution in [2.24, 2.45) is 0 Å². The normalized spacial score (nSPS) is 20.8. The molecule has 114 valence electrons. The summed E-state index contributed by atoms with van der Waals surface area (Å²) < 4.78 is 1.95. The molecule has 0 radical (unpaired) electrons. The molecule has 1 aliphatic heterocycles. The third-order valence-corrected chi connectivity index (χ3v) is 4.34. The molecule has 2 aromatic rings. The average Bonchev–Trinajstić information content (AvgIpc) is 3.27. The Kier molecular flexibility index (Phi) is 2.88. The fourth-order valence-corrected chi connectivity index (χ4v) is 2.92. The maximum absolute atomic E-state index is 12.7. The van der Waals surface area contributed by atoms with E-state index in [1.807, 2.05) is 16.5 Å². The minimum atomic E-state index is -0.0874. The molecule has 0 unspecified atom stereocenters. The first-order chi connectivity index (χ1) is 10.6. The summed E-state index contributed by atoms with van der Waals surface area (Å²) in [5.41, 5.74) is 6.24. The van der Waals surface area contributed by atoms with Crippen molar-refractivity contribution in [2.75, 3.05) is 12.3 Å². The van der Waals surface area contributed by atoms with Crippen molar-refractivity contribution in [1.82, 2.24) is 24.6 Å². The van der Waals surface area contributed by atoms with Crippen molar-refractivity contribution < 1.29 is 4.79 Å². The molecule has 0 spiro atoms. The Balaban J connectivity index is 1.62. The van der Waals surface area contributed by atoms with Crippen LogP contribution in [0.1, 0.15) is 53.7 Å². The Labute approximate surface area is 128 Å². The quantitative estimate of drug-likeness (QED) is 0.904. The Hall–Kier alpha value is -2.44. The van der Waals surface area contributed by atoms with Gasteiger partial charge in [-0.1, -0.05) is 0 Å². The zero-order valence-corrected chi connectivity index (χ0v) is 12.4. The molecule has 1 saturated carbocycles. The number of pyridine rings is 1. The molecule has 1 fully saturated rings. The Bertz CT molecular complexity index is 735. The SMILES string of the molecule is C[C@@H]1c2nc(C3CC3)nn2CCN1C(=O)c1ccnc(N)c1. The van der Waals surface area contributed by atoms with E-state index in [4.69, 9.17) is 5.73 Å². The maximum Gasteiger partial charge on any atom is 0.254 e. The highest BCUT2D eigenvalue weighted by molar-refractivity contribution is 5.95. The summed E-state index contributed by atoms with van der Waals surface area (Å²) in [5.74, 6) is 2.65. The first-order valence-corrected chi connectivity index (χ1v) is 7.60. The molecule has 1 aliphatic carbocycles. The van der Waals surface area contributed by atoms with E-state index in [2.05, 4.69) is 15.1 Å². The topological polar surface area (TPSA) is 89.9 Å². The third kappa shape index (κ3) is 2.13. The molecule has 7 nitrogen and oxygen atoms in total. The van der Waals surface area contributed by atoms with Crippen LogP contribution in [-0.2, 0) is 6.54 Å². The van der Waals surface area contributed by atoms with Crippen molar-refractivity contribution in [3.8, 4) is 0 Å². The van der Waals surface area contributed by atoms with Crippen LogP contribution in [-0.4, -0.2) is 37.1 Å². The average molecular weight is 298 g/mol. The number of hydrogen-bond acceptors (Lipinski definition) is 5. The van der Waals surface area contributed by atoms with Gasteiger partial charge < -0.3 is 10.6 Å². The van der Waals surface area contributed by atoms with Gasteiger partial charge in [0, 0.05) is 24.2 Å². The van der Waals surface area contributed by atoms with Gasteiger partial charge in [0.05, 0.1) is 12.6 Å². The van der Waals surface area contributed by atoms with Crippen LogP contribution in [0.15, 0.2) is 18.3 Å². The lowest BCUT2D eigenvalue weighted by atomic mass is 10.1. The van der Waals surface area contributed by atoms with Gasteiger partial charge in [0.2, 0.25) is 0 Å². The second kappa shape index (κ2) is 4.79. The fraction of sp³-hybridized carbons (Fsp3) is 0.467. The van der Waals surface area contributed by atoms with Gasteiger partial charge in [-0.3, -0.25) is 4.79 Å². The predicted octanol–water partition coefficient (Wildman–Crippen LogP) is 1.35. The van der Waals surface area contributed by atoms with Gasteiger partial charge in [-0.15, -0.1) is 0 Å². The number of nitrogen functional groups attached to an aromatic ring is 1. The largest absolute Gasteiger partial charge is 0.384 e. The second-order valence-corrected chi connectivity index (χ2v) is 5.97. The van der Waals surface area contributed by atoms with Crippen LogP contribution < -0.4 is 5.73 Å². The smallest absolute Gasteiger partial charge is 0.254 e. The molecule has 0 saturated heterocycles. The molecule has 1 atom stereocenters. The van der Waals surface area contributed by atoms with Crippen LogP contribution in [0.2, 0.25) is 0 Å².